The lowest BCUT2D eigenvalue weighted by atomic mass is 9.91. The first-order chi connectivity index (χ1) is 5.59. The molecular weight excluding hydrogens is 160 g/mol. The van der Waals surface area contributed by atoms with Crippen molar-refractivity contribution in [1.82, 2.24) is 0 Å². The molecule has 1 saturated heterocycles. The number of hydrogen-bond acceptors (Lipinski definition) is 4. The van der Waals surface area contributed by atoms with Crippen molar-refractivity contribution in [2.24, 2.45) is 0 Å². The van der Waals surface area contributed by atoms with E-state index in [-0.39, 0.29) is 11.5 Å². The van der Waals surface area contributed by atoms with Crippen molar-refractivity contribution in [1.29, 1.82) is 0 Å². The van der Waals surface area contributed by atoms with Gasteiger partial charge in [-0.15, -0.1) is 0 Å². The topological polar surface area (TPSA) is 59.1 Å². The van der Waals surface area contributed by atoms with Gasteiger partial charge >= 0.3 is 0 Å². The van der Waals surface area contributed by atoms with Crippen LogP contribution in [0.2, 0.25) is 0 Å². The van der Waals surface area contributed by atoms with Gasteiger partial charge in [0.25, 0.3) is 0 Å². The first-order valence-corrected chi connectivity index (χ1v) is 3.75. The Balaban J connectivity index is 2.33. The number of aliphatic hydroxyl groups excluding tert-OH is 1. The molecule has 12 heavy (non-hydrogen) atoms. The highest BCUT2D eigenvalue weighted by atomic mass is 16.6. The average molecular weight is 170 g/mol. The second-order valence-corrected chi connectivity index (χ2v) is 3.24. The number of aliphatic hydroxyl groups is 1. The molecule has 0 amide bonds. The van der Waals surface area contributed by atoms with E-state index in [0.717, 1.165) is 0 Å². The summed E-state index contributed by atoms with van der Waals surface area (Å²) in [7, 11) is 1.42. The fraction of sp³-hybridized carbons (Fsp3) is 0.625. The van der Waals surface area contributed by atoms with E-state index >= 15 is 0 Å². The number of carbonyl (C=O) groups is 1. The first-order valence-electron chi connectivity index (χ1n) is 3.75. The van der Waals surface area contributed by atoms with Gasteiger partial charge in [0.15, 0.2) is 11.9 Å². The van der Waals surface area contributed by atoms with Gasteiger partial charge in [0.1, 0.15) is 17.5 Å². The number of hydrogen-bond donors (Lipinski definition) is 1. The zero-order valence-corrected chi connectivity index (χ0v) is 6.90. The Kier molecular flexibility index (Phi) is 1.35. The number of carbonyl (C=O) groups excluding carboxylic acids is 1. The molecule has 1 fully saturated rings. The molecule has 0 bridgehead atoms. The predicted molar refractivity (Wildman–Crippen MR) is 39.4 cm³/mol. The molecule has 66 valence electrons. The third-order valence-corrected chi connectivity index (χ3v) is 2.43. The van der Waals surface area contributed by atoms with Crippen LogP contribution < -0.4 is 0 Å². The smallest absolute Gasteiger partial charge is 0.190 e. The van der Waals surface area contributed by atoms with Crippen LogP contribution in [0.25, 0.3) is 0 Å². The molecule has 1 heterocycles. The monoisotopic (exact) mass is 170 g/mol. The summed E-state index contributed by atoms with van der Waals surface area (Å²) in [6.45, 7) is 1.70. The van der Waals surface area contributed by atoms with Gasteiger partial charge in [-0.1, -0.05) is 0 Å². The van der Waals surface area contributed by atoms with Crippen molar-refractivity contribution in [3.05, 3.63) is 11.8 Å². The molecule has 1 aliphatic carbocycles. The number of ketones is 1. The van der Waals surface area contributed by atoms with Crippen LogP contribution in [0.5, 0.6) is 0 Å². The second kappa shape index (κ2) is 2.08. The van der Waals surface area contributed by atoms with Crippen LogP contribution in [0.4, 0.5) is 0 Å². The molecule has 4 heteroatoms. The summed E-state index contributed by atoms with van der Waals surface area (Å²) in [5.41, 5.74) is -0.739. The van der Waals surface area contributed by atoms with Crippen molar-refractivity contribution < 1.29 is 19.4 Å². The van der Waals surface area contributed by atoms with Gasteiger partial charge in [-0.3, -0.25) is 4.79 Å². The molecule has 0 aromatic rings. The molecule has 2 aliphatic rings. The van der Waals surface area contributed by atoms with E-state index in [0.29, 0.717) is 0 Å². The van der Waals surface area contributed by atoms with E-state index in [4.69, 9.17) is 9.47 Å². The van der Waals surface area contributed by atoms with Gasteiger partial charge in [-0.05, 0) is 6.92 Å². The molecule has 1 aliphatic heterocycles. The number of rotatable bonds is 1. The third kappa shape index (κ3) is 0.763. The van der Waals surface area contributed by atoms with Crippen LogP contribution in [-0.2, 0) is 14.3 Å². The predicted octanol–water partition coefficient (Wildman–Crippen LogP) is -0.382. The van der Waals surface area contributed by atoms with E-state index in [1.165, 1.54) is 13.2 Å². The van der Waals surface area contributed by atoms with Crippen molar-refractivity contribution in [2.75, 3.05) is 7.11 Å². The largest absolute Gasteiger partial charge is 0.498 e. The van der Waals surface area contributed by atoms with Crippen molar-refractivity contribution in [2.45, 2.75) is 24.7 Å². The fourth-order valence-electron chi connectivity index (χ4n) is 1.52. The average Bonchev–Trinajstić information content (AvgIpc) is 2.73. The summed E-state index contributed by atoms with van der Waals surface area (Å²) in [5, 5.41) is 9.59. The number of ether oxygens (including phenoxy) is 2. The molecule has 4 nitrogen and oxygen atoms in total. The second-order valence-electron chi connectivity index (χ2n) is 3.24. The van der Waals surface area contributed by atoms with E-state index in [2.05, 4.69) is 0 Å². The summed E-state index contributed by atoms with van der Waals surface area (Å²) in [4.78, 5) is 11.2. The molecule has 3 atom stereocenters. The lowest BCUT2D eigenvalue weighted by Gasteiger charge is -2.20. The van der Waals surface area contributed by atoms with Gasteiger partial charge in [0.2, 0.25) is 0 Å². The Bertz CT molecular complexity index is 270. The molecule has 0 saturated carbocycles. The van der Waals surface area contributed by atoms with E-state index < -0.39 is 17.8 Å². The Hall–Kier alpha value is -0.870. The minimum atomic E-state index is -0.815. The van der Waals surface area contributed by atoms with Gasteiger partial charge in [-0.25, -0.2) is 0 Å². The third-order valence-electron chi connectivity index (χ3n) is 2.43. The Labute approximate surface area is 69.8 Å². The lowest BCUT2D eigenvalue weighted by molar-refractivity contribution is -0.116. The van der Waals surface area contributed by atoms with Crippen LogP contribution in [0, 0.1) is 0 Å². The molecular formula is C8H10O4. The molecule has 0 aromatic heterocycles. The minimum absolute atomic E-state index is 0.125. The van der Waals surface area contributed by atoms with Crippen LogP contribution in [0.3, 0.4) is 0 Å². The van der Waals surface area contributed by atoms with Crippen LogP contribution in [0.1, 0.15) is 6.92 Å². The highest BCUT2D eigenvalue weighted by Gasteiger charge is 2.64. The standard InChI is InChI=1S/C8H10O4/c1-8-6(10)5(11-2)3-4(9)7(8)12-8/h3,6-7,10H,1-2H3/t6-,7+,8-/m0/s1. The molecule has 0 spiro atoms. The Morgan fingerprint density at radius 3 is 3.00 bits per heavy atom. The zero-order chi connectivity index (χ0) is 8.93. The summed E-state index contributed by atoms with van der Waals surface area (Å²) >= 11 is 0. The van der Waals surface area contributed by atoms with E-state index in [1.54, 1.807) is 6.92 Å². The maximum absolute atomic E-state index is 11.2. The molecule has 0 unspecified atom stereocenters. The van der Waals surface area contributed by atoms with Gasteiger partial charge in [0.05, 0.1) is 7.11 Å². The molecule has 0 aromatic carbocycles. The van der Waals surface area contributed by atoms with Crippen LogP contribution >= 0.6 is 0 Å². The van der Waals surface area contributed by atoms with Gasteiger partial charge < -0.3 is 14.6 Å². The zero-order valence-electron chi connectivity index (χ0n) is 6.90. The number of methoxy groups -OCH3 is 1. The van der Waals surface area contributed by atoms with E-state index in [9.17, 15) is 9.90 Å². The Morgan fingerprint density at radius 2 is 2.42 bits per heavy atom. The first kappa shape index (κ1) is 7.76. The van der Waals surface area contributed by atoms with Crippen LogP contribution in [0.15, 0.2) is 11.8 Å². The SMILES string of the molecule is COC1=CC(=O)[C@H]2O[C@@]2(C)[C@H]1O. The fourth-order valence-corrected chi connectivity index (χ4v) is 1.52. The summed E-state index contributed by atoms with van der Waals surface area (Å²) in [5.74, 6) is 0.163. The maximum Gasteiger partial charge on any atom is 0.190 e. The maximum atomic E-state index is 11.2. The van der Waals surface area contributed by atoms with E-state index in [1.807, 2.05) is 0 Å². The van der Waals surface area contributed by atoms with Crippen molar-refractivity contribution in [3.63, 3.8) is 0 Å². The minimum Gasteiger partial charge on any atom is -0.498 e. The summed E-state index contributed by atoms with van der Waals surface area (Å²) in [6, 6.07) is 0. The lowest BCUT2D eigenvalue weighted by Crippen LogP contribution is -2.37. The number of epoxide rings is 1. The molecule has 0 radical (unpaired) electrons. The highest BCUT2D eigenvalue weighted by molar-refractivity contribution is 5.98. The highest BCUT2D eigenvalue weighted by Crippen LogP contribution is 2.45. The van der Waals surface area contributed by atoms with Gasteiger partial charge in [0, 0.05) is 6.08 Å². The normalized spacial score (nSPS) is 44.9. The molecule has 2 rings (SSSR count). The van der Waals surface area contributed by atoms with Crippen molar-refractivity contribution >= 4 is 5.78 Å². The quantitative estimate of drug-likeness (QED) is 0.545. The molecule has 1 N–H and O–H groups in total. The summed E-state index contributed by atoms with van der Waals surface area (Å²) < 4.78 is 9.94. The summed E-state index contributed by atoms with van der Waals surface area (Å²) in [6.07, 6.45) is 0.0148. The number of fused-ring (bicyclic) bond motifs is 1. The Morgan fingerprint density at radius 1 is 1.75 bits per heavy atom. The van der Waals surface area contributed by atoms with Gasteiger partial charge in [-0.2, -0.15) is 0 Å². The van der Waals surface area contributed by atoms with Crippen LogP contribution in [-0.4, -0.2) is 35.8 Å². The van der Waals surface area contributed by atoms with Crippen molar-refractivity contribution in [3.8, 4) is 0 Å².